The third kappa shape index (κ3) is 3.33. The summed E-state index contributed by atoms with van der Waals surface area (Å²) in [6.07, 6.45) is 1.23. The highest BCUT2D eigenvalue weighted by Gasteiger charge is 2.29. The van der Waals surface area contributed by atoms with Gasteiger partial charge in [0.15, 0.2) is 11.5 Å². The van der Waals surface area contributed by atoms with E-state index in [0.717, 1.165) is 0 Å². The molecule has 0 aliphatic carbocycles. The van der Waals surface area contributed by atoms with Crippen LogP contribution in [0, 0.1) is 18.7 Å². The molecule has 3 rings (SSSR count). The molecule has 2 aromatic rings. The maximum absolute atomic E-state index is 12.9. The number of aryl methyl sites for hydroxylation is 1. The second-order valence-corrected chi connectivity index (χ2v) is 5.85. The minimum absolute atomic E-state index is 0.0194. The number of Topliss-reactive ketones (excluding diaryl/α,β-unsaturated/α-hetero) is 1. The molecule has 0 unspecified atom stereocenters. The Morgan fingerprint density at radius 3 is 2.30 bits per heavy atom. The largest absolute Gasteiger partial charge is 0.456 e. The molecule has 0 bridgehead atoms. The molecule has 1 amide bonds. The van der Waals surface area contributed by atoms with Crippen molar-refractivity contribution in [3.63, 3.8) is 0 Å². The molecule has 2 heterocycles. The van der Waals surface area contributed by atoms with E-state index < -0.39 is 0 Å². The Balaban J connectivity index is 1.61. The lowest BCUT2D eigenvalue weighted by atomic mass is 9.89. The molecule has 1 aliphatic heterocycles. The van der Waals surface area contributed by atoms with Gasteiger partial charge in [0.2, 0.25) is 0 Å². The van der Waals surface area contributed by atoms with E-state index in [1.54, 1.807) is 24.0 Å². The zero-order chi connectivity index (χ0) is 16.4. The summed E-state index contributed by atoms with van der Waals surface area (Å²) in [6.45, 7) is 2.84. The maximum Gasteiger partial charge on any atom is 0.289 e. The Labute approximate surface area is 133 Å². The molecule has 1 saturated heterocycles. The second kappa shape index (κ2) is 6.36. The Kier molecular flexibility index (Phi) is 4.28. The van der Waals surface area contributed by atoms with Crippen LogP contribution in [0.15, 0.2) is 40.8 Å². The van der Waals surface area contributed by atoms with Crippen LogP contribution in [0.5, 0.6) is 0 Å². The molecule has 1 aromatic heterocycles. The summed E-state index contributed by atoms with van der Waals surface area (Å²) in [5, 5.41) is 0. The first-order chi connectivity index (χ1) is 11.0. The van der Waals surface area contributed by atoms with Crippen LogP contribution in [0.3, 0.4) is 0 Å². The maximum atomic E-state index is 12.9. The van der Waals surface area contributed by atoms with Crippen molar-refractivity contribution in [3.05, 3.63) is 59.3 Å². The predicted octanol–water partition coefficient (Wildman–Crippen LogP) is 3.46. The van der Waals surface area contributed by atoms with Crippen molar-refractivity contribution in [3.8, 4) is 0 Å². The third-order valence-electron chi connectivity index (χ3n) is 4.23. The normalized spacial score (nSPS) is 15.7. The lowest BCUT2D eigenvalue weighted by molar-refractivity contribution is 0.0623. The molecule has 1 aromatic carbocycles. The van der Waals surface area contributed by atoms with Crippen LogP contribution in [-0.2, 0) is 0 Å². The van der Waals surface area contributed by atoms with Gasteiger partial charge in [0.25, 0.3) is 5.91 Å². The molecule has 0 saturated carbocycles. The van der Waals surface area contributed by atoms with Gasteiger partial charge in [-0.1, -0.05) is 0 Å². The van der Waals surface area contributed by atoms with E-state index in [-0.39, 0.29) is 23.4 Å². The number of carbonyl (C=O) groups is 2. The second-order valence-electron chi connectivity index (χ2n) is 5.85. The summed E-state index contributed by atoms with van der Waals surface area (Å²) >= 11 is 0. The minimum atomic E-state index is -0.351. The van der Waals surface area contributed by atoms with Gasteiger partial charge in [-0.2, -0.15) is 0 Å². The van der Waals surface area contributed by atoms with Crippen molar-refractivity contribution < 1.29 is 18.4 Å². The summed E-state index contributed by atoms with van der Waals surface area (Å²) in [5.74, 6) is 0.454. The fourth-order valence-electron chi connectivity index (χ4n) is 2.90. The number of benzene rings is 1. The van der Waals surface area contributed by atoms with Crippen molar-refractivity contribution in [2.45, 2.75) is 19.8 Å². The van der Waals surface area contributed by atoms with Crippen molar-refractivity contribution in [1.29, 1.82) is 0 Å². The van der Waals surface area contributed by atoms with E-state index in [0.29, 0.717) is 43.0 Å². The van der Waals surface area contributed by atoms with Gasteiger partial charge in [-0.15, -0.1) is 0 Å². The predicted molar refractivity (Wildman–Crippen MR) is 82.8 cm³/mol. The van der Waals surface area contributed by atoms with E-state index in [1.165, 1.54) is 24.3 Å². The van der Waals surface area contributed by atoms with Crippen LogP contribution in [0.4, 0.5) is 4.39 Å². The van der Waals surface area contributed by atoms with Crippen molar-refractivity contribution in [2.24, 2.45) is 5.92 Å². The number of halogens is 1. The molecular weight excluding hydrogens is 297 g/mol. The number of nitrogens with zero attached hydrogens (tertiary/aromatic N) is 1. The van der Waals surface area contributed by atoms with Gasteiger partial charge in [0.1, 0.15) is 11.6 Å². The molecule has 5 heteroatoms. The monoisotopic (exact) mass is 315 g/mol. The van der Waals surface area contributed by atoms with Crippen molar-refractivity contribution >= 4 is 11.7 Å². The average molecular weight is 315 g/mol. The zero-order valence-corrected chi connectivity index (χ0v) is 12.9. The molecule has 0 N–H and O–H groups in total. The first-order valence-electron chi connectivity index (χ1n) is 7.70. The standard InChI is InChI=1S/C18H18FNO3/c1-12-2-7-16(23-12)18(22)20-10-8-14(9-11-20)17(21)13-3-5-15(19)6-4-13/h2-7,14H,8-11H2,1H3. The molecule has 4 nitrogen and oxygen atoms in total. The van der Waals surface area contributed by atoms with Gasteiger partial charge >= 0.3 is 0 Å². The SMILES string of the molecule is Cc1ccc(C(=O)N2CCC(C(=O)c3ccc(F)cc3)CC2)o1. The molecular formula is C18H18FNO3. The summed E-state index contributed by atoms with van der Waals surface area (Å²) in [7, 11) is 0. The number of ketones is 1. The number of carbonyl (C=O) groups excluding carboxylic acids is 2. The van der Waals surface area contributed by atoms with Gasteiger partial charge in [0.05, 0.1) is 0 Å². The van der Waals surface area contributed by atoms with Crippen LogP contribution < -0.4 is 0 Å². The summed E-state index contributed by atoms with van der Waals surface area (Å²) in [4.78, 5) is 26.4. The van der Waals surface area contributed by atoms with Crippen LogP contribution >= 0.6 is 0 Å². The lowest BCUT2D eigenvalue weighted by Crippen LogP contribution is -2.40. The number of rotatable bonds is 3. The molecule has 23 heavy (non-hydrogen) atoms. The lowest BCUT2D eigenvalue weighted by Gasteiger charge is -2.30. The summed E-state index contributed by atoms with van der Waals surface area (Å²) < 4.78 is 18.3. The van der Waals surface area contributed by atoms with Crippen LogP contribution in [-0.4, -0.2) is 29.7 Å². The van der Waals surface area contributed by atoms with Gasteiger partial charge in [-0.25, -0.2) is 4.39 Å². The van der Waals surface area contributed by atoms with Gasteiger partial charge < -0.3 is 9.32 Å². The Morgan fingerprint density at radius 2 is 1.74 bits per heavy atom. The summed E-state index contributed by atoms with van der Waals surface area (Å²) in [6, 6.07) is 9.06. The van der Waals surface area contributed by atoms with E-state index in [4.69, 9.17) is 4.42 Å². The molecule has 1 aliphatic rings. The first kappa shape index (κ1) is 15.5. The zero-order valence-electron chi connectivity index (χ0n) is 12.9. The quantitative estimate of drug-likeness (QED) is 0.815. The van der Waals surface area contributed by atoms with Crippen LogP contribution in [0.25, 0.3) is 0 Å². The Morgan fingerprint density at radius 1 is 1.09 bits per heavy atom. The number of furan rings is 1. The molecule has 0 atom stereocenters. The van der Waals surface area contributed by atoms with Crippen molar-refractivity contribution in [2.75, 3.05) is 13.1 Å². The number of piperidine rings is 1. The number of likely N-dealkylation sites (tertiary alicyclic amines) is 1. The van der Waals surface area contributed by atoms with Crippen molar-refractivity contribution in [1.82, 2.24) is 4.90 Å². The highest BCUT2D eigenvalue weighted by Crippen LogP contribution is 2.23. The Bertz CT molecular complexity index is 712. The fourth-order valence-corrected chi connectivity index (χ4v) is 2.90. The van der Waals surface area contributed by atoms with Gasteiger partial charge in [-0.05, 0) is 56.2 Å². The van der Waals surface area contributed by atoms with E-state index in [1.807, 2.05) is 0 Å². The minimum Gasteiger partial charge on any atom is -0.456 e. The molecule has 120 valence electrons. The van der Waals surface area contributed by atoms with Gasteiger partial charge in [0, 0.05) is 24.6 Å². The highest BCUT2D eigenvalue weighted by atomic mass is 19.1. The average Bonchev–Trinajstić information content (AvgIpc) is 3.01. The molecule has 1 fully saturated rings. The van der Waals surface area contributed by atoms with Crippen LogP contribution in [0.1, 0.15) is 39.5 Å². The highest BCUT2D eigenvalue weighted by molar-refractivity contribution is 5.98. The topological polar surface area (TPSA) is 50.5 Å². The van der Waals surface area contributed by atoms with Crippen LogP contribution in [0.2, 0.25) is 0 Å². The van der Waals surface area contributed by atoms with E-state index in [2.05, 4.69) is 0 Å². The van der Waals surface area contributed by atoms with E-state index in [9.17, 15) is 14.0 Å². The number of hydrogen-bond acceptors (Lipinski definition) is 3. The smallest absolute Gasteiger partial charge is 0.289 e. The third-order valence-corrected chi connectivity index (χ3v) is 4.23. The fraction of sp³-hybridized carbons (Fsp3) is 0.333. The number of hydrogen-bond donors (Lipinski definition) is 0. The van der Waals surface area contributed by atoms with E-state index >= 15 is 0 Å². The van der Waals surface area contributed by atoms with Gasteiger partial charge in [-0.3, -0.25) is 9.59 Å². The number of amides is 1. The summed E-state index contributed by atoms with van der Waals surface area (Å²) in [5.41, 5.74) is 0.526. The molecule has 0 spiro atoms. The Hall–Kier alpha value is -2.43. The molecule has 0 radical (unpaired) electrons. The first-order valence-corrected chi connectivity index (χ1v) is 7.70.